The Morgan fingerprint density at radius 3 is 2.50 bits per heavy atom. The minimum atomic E-state index is 0.704. The Labute approximate surface area is 80.8 Å². The molecule has 0 aliphatic rings. The maximum atomic E-state index is 5.81. The van der Waals surface area contributed by atoms with Crippen LogP contribution in [0, 0.1) is 13.8 Å². The molecule has 66 valence electrons. The molecule has 0 fully saturated rings. The quantitative estimate of drug-likeness (QED) is 0.752. The Morgan fingerprint density at radius 2 is 2.00 bits per heavy atom. The van der Waals surface area contributed by atoms with Crippen LogP contribution in [-0.4, -0.2) is 7.11 Å². The van der Waals surface area contributed by atoms with Crippen LogP contribution in [0.25, 0.3) is 0 Å². The summed E-state index contributed by atoms with van der Waals surface area (Å²) in [6, 6.07) is 1.92. The van der Waals surface area contributed by atoms with E-state index in [1.165, 1.54) is 0 Å². The van der Waals surface area contributed by atoms with Crippen molar-refractivity contribution < 1.29 is 4.74 Å². The van der Waals surface area contributed by atoms with Crippen LogP contribution in [0.1, 0.15) is 11.1 Å². The predicted molar refractivity (Wildman–Crippen MR) is 54.6 cm³/mol. The van der Waals surface area contributed by atoms with Crippen LogP contribution < -0.4 is 10.5 Å². The molecule has 2 nitrogen and oxygen atoms in total. The van der Waals surface area contributed by atoms with Gasteiger partial charge in [0, 0.05) is 4.47 Å². The van der Waals surface area contributed by atoms with Crippen molar-refractivity contribution in [2.75, 3.05) is 12.8 Å². The van der Waals surface area contributed by atoms with Gasteiger partial charge in [0.2, 0.25) is 0 Å². The normalized spacial score (nSPS) is 10.0. The van der Waals surface area contributed by atoms with Gasteiger partial charge in [-0.1, -0.05) is 15.9 Å². The van der Waals surface area contributed by atoms with Crippen molar-refractivity contribution in [3.8, 4) is 5.75 Å². The van der Waals surface area contributed by atoms with E-state index in [4.69, 9.17) is 10.5 Å². The fourth-order valence-electron chi connectivity index (χ4n) is 1.11. The highest BCUT2D eigenvalue weighted by Gasteiger charge is 2.08. The molecule has 1 rings (SSSR count). The monoisotopic (exact) mass is 229 g/mol. The highest BCUT2D eigenvalue weighted by Crippen LogP contribution is 2.33. The first-order valence-corrected chi connectivity index (χ1v) is 4.46. The van der Waals surface area contributed by atoms with Crippen molar-refractivity contribution in [3.05, 3.63) is 21.7 Å². The summed E-state index contributed by atoms with van der Waals surface area (Å²) in [5.74, 6) is 0.744. The lowest BCUT2D eigenvalue weighted by Crippen LogP contribution is -1.97. The zero-order chi connectivity index (χ0) is 9.30. The summed E-state index contributed by atoms with van der Waals surface area (Å²) in [5.41, 5.74) is 8.68. The van der Waals surface area contributed by atoms with Crippen LogP contribution in [0.2, 0.25) is 0 Å². The third kappa shape index (κ3) is 1.41. The van der Waals surface area contributed by atoms with E-state index in [2.05, 4.69) is 15.9 Å². The summed E-state index contributed by atoms with van der Waals surface area (Å²) in [5, 5.41) is 0. The SMILES string of the molecule is COc1cc(C)c(Br)c(C)c1N. The molecule has 12 heavy (non-hydrogen) atoms. The molecule has 0 saturated heterocycles. The first kappa shape index (κ1) is 9.39. The second-order valence-corrected chi connectivity index (χ2v) is 3.54. The van der Waals surface area contributed by atoms with Crippen LogP contribution >= 0.6 is 15.9 Å². The van der Waals surface area contributed by atoms with Crippen LogP contribution in [0.5, 0.6) is 5.75 Å². The van der Waals surface area contributed by atoms with Crippen molar-refractivity contribution in [1.82, 2.24) is 0 Å². The van der Waals surface area contributed by atoms with E-state index >= 15 is 0 Å². The van der Waals surface area contributed by atoms with Gasteiger partial charge in [-0.25, -0.2) is 0 Å². The number of hydrogen-bond acceptors (Lipinski definition) is 2. The second kappa shape index (κ2) is 3.35. The van der Waals surface area contributed by atoms with Crippen molar-refractivity contribution in [2.24, 2.45) is 0 Å². The lowest BCUT2D eigenvalue weighted by atomic mass is 10.1. The number of aryl methyl sites for hydroxylation is 1. The number of hydrogen-bond donors (Lipinski definition) is 1. The Hall–Kier alpha value is -0.700. The first-order chi connectivity index (χ1) is 5.57. The summed E-state index contributed by atoms with van der Waals surface area (Å²) < 4.78 is 6.17. The van der Waals surface area contributed by atoms with Gasteiger partial charge < -0.3 is 10.5 Å². The largest absolute Gasteiger partial charge is 0.495 e. The molecule has 0 atom stereocenters. The Bertz CT molecular complexity index is 310. The Balaban J connectivity index is 3.39. The third-order valence-electron chi connectivity index (χ3n) is 1.91. The van der Waals surface area contributed by atoms with E-state index in [0.717, 1.165) is 21.3 Å². The average Bonchev–Trinajstić information content (AvgIpc) is 2.08. The van der Waals surface area contributed by atoms with Crippen molar-refractivity contribution >= 4 is 21.6 Å². The molecule has 0 amide bonds. The molecule has 0 aromatic heterocycles. The molecular weight excluding hydrogens is 218 g/mol. The molecular formula is C9H12BrNO. The molecule has 1 aromatic carbocycles. The molecule has 3 heteroatoms. The van der Waals surface area contributed by atoms with Gasteiger partial charge in [-0.3, -0.25) is 0 Å². The lowest BCUT2D eigenvalue weighted by Gasteiger charge is -2.11. The Morgan fingerprint density at radius 1 is 1.42 bits per heavy atom. The van der Waals surface area contributed by atoms with Gasteiger partial charge in [0.25, 0.3) is 0 Å². The Kier molecular flexibility index (Phi) is 2.62. The number of rotatable bonds is 1. The number of methoxy groups -OCH3 is 1. The molecule has 0 aliphatic carbocycles. The predicted octanol–water partition coefficient (Wildman–Crippen LogP) is 2.66. The molecule has 0 heterocycles. The third-order valence-corrected chi connectivity index (χ3v) is 3.13. The van der Waals surface area contributed by atoms with Crippen LogP contribution in [0.4, 0.5) is 5.69 Å². The van der Waals surface area contributed by atoms with Gasteiger partial charge in [-0.05, 0) is 31.0 Å². The van der Waals surface area contributed by atoms with Gasteiger partial charge in [0.15, 0.2) is 0 Å². The number of ether oxygens (including phenoxy) is 1. The highest BCUT2D eigenvalue weighted by molar-refractivity contribution is 9.10. The number of nitrogen functional groups attached to an aromatic ring is 1. The zero-order valence-corrected chi connectivity index (χ0v) is 9.03. The van der Waals surface area contributed by atoms with Gasteiger partial charge in [0.1, 0.15) is 5.75 Å². The van der Waals surface area contributed by atoms with Crippen molar-refractivity contribution in [3.63, 3.8) is 0 Å². The molecule has 1 aromatic rings. The molecule has 0 aliphatic heterocycles. The van der Waals surface area contributed by atoms with E-state index in [-0.39, 0.29) is 0 Å². The fourth-order valence-corrected chi connectivity index (χ4v) is 1.43. The highest BCUT2D eigenvalue weighted by atomic mass is 79.9. The minimum Gasteiger partial charge on any atom is -0.495 e. The maximum absolute atomic E-state index is 5.81. The standard InChI is InChI=1S/C9H12BrNO/c1-5-4-7(12-3)9(11)6(2)8(5)10/h4H,11H2,1-3H3. The van der Waals surface area contributed by atoms with Gasteiger partial charge in [0.05, 0.1) is 12.8 Å². The molecule has 0 radical (unpaired) electrons. The van der Waals surface area contributed by atoms with Crippen molar-refractivity contribution in [1.29, 1.82) is 0 Å². The van der Waals surface area contributed by atoms with Crippen LogP contribution in [0.15, 0.2) is 10.5 Å². The molecule has 0 unspecified atom stereocenters. The summed E-state index contributed by atoms with van der Waals surface area (Å²) in [6.45, 7) is 3.98. The number of nitrogens with two attached hydrogens (primary N) is 1. The first-order valence-electron chi connectivity index (χ1n) is 3.67. The number of benzene rings is 1. The molecule has 0 spiro atoms. The molecule has 2 N–H and O–H groups in total. The minimum absolute atomic E-state index is 0.704. The fraction of sp³-hybridized carbons (Fsp3) is 0.333. The van der Waals surface area contributed by atoms with Gasteiger partial charge in [-0.2, -0.15) is 0 Å². The number of halogens is 1. The average molecular weight is 230 g/mol. The maximum Gasteiger partial charge on any atom is 0.142 e. The van der Waals surface area contributed by atoms with Crippen LogP contribution in [0.3, 0.4) is 0 Å². The smallest absolute Gasteiger partial charge is 0.142 e. The van der Waals surface area contributed by atoms with Gasteiger partial charge >= 0.3 is 0 Å². The summed E-state index contributed by atoms with van der Waals surface area (Å²) >= 11 is 3.46. The topological polar surface area (TPSA) is 35.2 Å². The van der Waals surface area contributed by atoms with E-state index in [1.807, 2.05) is 19.9 Å². The van der Waals surface area contributed by atoms with E-state index in [1.54, 1.807) is 7.11 Å². The summed E-state index contributed by atoms with van der Waals surface area (Å²) in [6.07, 6.45) is 0. The van der Waals surface area contributed by atoms with E-state index in [9.17, 15) is 0 Å². The number of anilines is 1. The summed E-state index contributed by atoms with van der Waals surface area (Å²) in [4.78, 5) is 0. The summed E-state index contributed by atoms with van der Waals surface area (Å²) in [7, 11) is 1.62. The zero-order valence-electron chi connectivity index (χ0n) is 7.44. The molecule has 0 bridgehead atoms. The second-order valence-electron chi connectivity index (χ2n) is 2.75. The lowest BCUT2D eigenvalue weighted by molar-refractivity contribution is 0.416. The van der Waals surface area contributed by atoms with Gasteiger partial charge in [-0.15, -0.1) is 0 Å². The molecule has 0 saturated carbocycles. The van der Waals surface area contributed by atoms with E-state index in [0.29, 0.717) is 5.69 Å². The van der Waals surface area contributed by atoms with E-state index < -0.39 is 0 Å². The van der Waals surface area contributed by atoms with Crippen molar-refractivity contribution in [2.45, 2.75) is 13.8 Å². The van der Waals surface area contributed by atoms with Crippen LogP contribution in [-0.2, 0) is 0 Å².